The molecule has 1 unspecified atom stereocenters. The van der Waals surface area contributed by atoms with Gasteiger partial charge in [0.05, 0.1) is 0 Å². The van der Waals surface area contributed by atoms with Gasteiger partial charge in [0, 0.05) is 22.7 Å². The van der Waals surface area contributed by atoms with Crippen LogP contribution in [-0.2, 0) is 6.54 Å². The Morgan fingerprint density at radius 1 is 1.11 bits per heavy atom. The molecule has 0 radical (unpaired) electrons. The smallest absolute Gasteiger partial charge is 0.0274 e. The lowest BCUT2D eigenvalue weighted by Gasteiger charge is -2.15. The Kier molecular flexibility index (Phi) is 4.06. The van der Waals surface area contributed by atoms with E-state index in [9.17, 15) is 0 Å². The molecule has 1 nitrogen and oxygen atoms in total. The molecule has 3 rings (SSSR count). The first-order valence-corrected chi connectivity index (χ1v) is 7.94. The third kappa shape index (κ3) is 3.63. The number of hydrogen-bond donors (Lipinski definition) is 1. The van der Waals surface area contributed by atoms with Gasteiger partial charge in [-0.15, -0.1) is 11.8 Å². The van der Waals surface area contributed by atoms with E-state index in [4.69, 9.17) is 0 Å². The van der Waals surface area contributed by atoms with Crippen molar-refractivity contribution in [3.8, 4) is 0 Å². The van der Waals surface area contributed by atoms with E-state index < -0.39 is 0 Å². The van der Waals surface area contributed by atoms with Crippen molar-refractivity contribution in [3.05, 3.63) is 42.0 Å². The zero-order valence-corrected chi connectivity index (χ0v) is 11.6. The molecule has 0 amide bonds. The zero-order chi connectivity index (χ0) is 12.2. The van der Waals surface area contributed by atoms with E-state index in [1.165, 1.54) is 42.6 Å². The van der Waals surface area contributed by atoms with Gasteiger partial charge < -0.3 is 5.32 Å². The topological polar surface area (TPSA) is 12.0 Å². The number of thioether (sulfide) groups is 1. The van der Waals surface area contributed by atoms with Crippen molar-refractivity contribution in [1.29, 1.82) is 0 Å². The average Bonchev–Trinajstić information content (AvgIpc) is 3.23. The molecular weight excluding hydrogens is 238 g/mol. The SMILES string of the molecule is C1=CC(Sc2ccc(CNC3CC3)cc2)CCC1. The van der Waals surface area contributed by atoms with Crippen LogP contribution in [0, 0.1) is 0 Å². The third-order valence-corrected chi connectivity index (χ3v) is 4.83. The van der Waals surface area contributed by atoms with Crippen LogP contribution in [0.5, 0.6) is 0 Å². The first-order valence-electron chi connectivity index (χ1n) is 7.06. The van der Waals surface area contributed by atoms with Crippen LogP contribution >= 0.6 is 11.8 Å². The quantitative estimate of drug-likeness (QED) is 0.798. The van der Waals surface area contributed by atoms with Crippen molar-refractivity contribution in [1.82, 2.24) is 5.32 Å². The largest absolute Gasteiger partial charge is 0.310 e. The fourth-order valence-corrected chi connectivity index (χ4v) is 3.41. The van der Waals surface area contributed by atoms with Crippen LogP contribution in [0.25, 0.3) is 0 Å². The van der Waals surface area contributed by atoms with Gasteiger partial charge in [-0.2, -0.15) is 0 Å². The molecule has 0 aliphatic heterocycles. The van der Waals surface area contributed by atoms with E-state index in [0.29, 0.717) is 5.25 Å². The summed E-state index contributed by atoms with van der Waals surface area (Å²) in [5, 5.41) is 4.24. The van der Waals surface area contributed by atoms with Crippen molar-refractivity contribution in [3.63, 3.8) is 0 Å². The molecule has 1 atom stereocenters. The molecule has 0 heterocycles. The molecule has 96 valence electrons. The van der Waals surface area contributed by atoms with E-state index in [-0.39, 0.29) is 0 Å². The first-order chi connectivity index (χ1) is 8.90. The molecule has 1 aromatic rings. The van der Waals surface area contributed by atoms with Crippen LogP contribution in [0.1, 0.15) is 37.7 Å². The van der Waals surface area contributed by atoms with Crippen LogP contribution < -0.4 is 5.32 Å². The lowest BCUT2D eigenvalue weighted by Crippen LogP contribution is -2.15. The van der Waals surface area contributed by atoms with Gasteiger partial charge in [-0.25, -0.2) is 0 Å². The summed E-state index contributed by atoms with van der Waals surface area (Å²) in [5.74, 6) is 0. The molecule has 2 aliphatic carbocycles. The Morgan fingerprint density at radius 2 is 1.94 bits per heavy atom. The van der Waals surface area contributed by atoms with Gasteiger partial charge in [-0.05, 0) is 49.8 Å². The van der Waals surface area contributed by atoms with E-state index in [0.717, 1.165) is 12.6 Å². The Labute approximate surface area is 114 Å². The van der Waals surface area contributed by atoms with Crippen LogP contribution in [0.2, 0.25) is 0 Å². The Hall–Kier alpha value is -0.730. The molecule has 1 aromatic carbocycles. The maximum absolute atomic E-state index is 3.56. The van der Waals surface area contributed by atoms with Gasteiger partial charge in [-0.1, -0.05) is 24.3 Å². The van der Waals surface area contributed by atoms with Gasteiger partial charge in [0.2, 0.25) is 0 Å². The molecule has 1 saturated carbocycles. The number of benzene rings is 1. The Balaban J connectivity index is 1.52. The molecule has 1 fully saturated rings. The normalized spacial score (nSPS) is 23.2. The molecule has 2 heteroatoms. The molecule has 0 saturated heterocycles. The van der Waals surface area contributed by atoms with Crippen LogP contribution in [0.4, 0.5) is 0 Å². The fraction of sp³-hybridized carbons (Fsp3) is 0.500. The Bertz CT molecular complexity index is 406. The molecule has 0 aromatic heterocycles. The average molecular weight is 259 g/mol. The first kappa shape index (κ1) is 12.3. The van der Waals surface area contributed by atoms with Gasteiger partial charge >= 0.3 is 0 Å². The van der Waals surface area contributed by atoms with Crippen LogP contribution in [0.3, 0.4) is 0 Å². The van der Waals surface area contributed by atoms with Crippen molar-refractivity contribution in [2.75, 3.05) is 0 Å². The van der Waals surface area contributed by atoms with E-state index in [1.54, 1.807) is 0 Å². The van der Waals surface area contributed by atoms with E-state index in [2.05, 4.69) is 41.7 Å². The molecule has 18 heavy (non-hydrogen) atoms. The van der Waals surface area contributed by atoms with Crippen molar-refractivity contribution in [2.45, 2.75) is 54.8 Å². The summed E-state index contributed by atoms with van der Waals surface area (Å²) in [7, 11) is 0. The summed E-state index contributed by atoms with van der Waals surface area (Å²) < 4.78 is 0. The fourth-order valence-electron chi connectivity index (χ4n) is 2.29. The van der Waals surface area contributed by atoms with Gasteiger partial charge in [0.25, 0.3) is 0 Å². The minimum atomic E-state index is 0.689. The monoisotopic (exact) mass is 259 g/mol. The highest BCUT2D eigenvalue weighted by Gasteiger charge is 2.19. The number of allylic oxidation sites excluding steroid dienone is 1. The molecular formula is C16H21NS. The highest BCUT2D eigenvalue weighted by molar-refractivity contribution is 8.00. The summed E-state index contributed by atoms with van der Waals surface area (Å²) in [6.07, 6.45) is 11.4. The molecule has 0 spiro atoms. The predicted molar refractivity (Wildman–Crippen MR) is 78.9 cm³/mol. The maximum atomic E-state index is 3.56. The highest BCUT2D eigenvalue weighted by Crippen LogP contribution is 2.30. The third-order valence-electron chi connectivity index (χ3n) is 3.59. The molecule has 2 aliphatic rings. The molecule has 1 N–H and O–H groups in total. The van der Waals surface area contributed by atoms with Crippen LogP contribution in [0.15, 0.2) is 41.3 Å². The van der Waals surface area contributed by atoms with Gasteiger partial charge in [-0.3, -0.25) is 0 Å². The van der Waals surface area contributed by atoms with Crippen molar-refractivity contribution < 1.29 is 0 Å². The van der Waals surface area contributed by atoms with Crippen molar-refractivity contribution in [2.24, 2.45) is 0 Å². The maximum Gasteiger partial charge on any atom is 0.0274 e. The lowest BCUT2D eigenvalue weighted by atomic mass is 10.1. The number of nitrogens with one attached hydrogen (secondary N) is 1. The van der Waals surface area contributed by atoms with E-state index >= 15 is 0 Å². The zero-order valence-electron chi connectivity index (χ0n) is 10.8. The van der Waals surface area contributed by atoms with E-state index in [1.807, 2.05) is 11.8 Å². The predicted octanol–water partition coefficient (Wildman–Crippen LogP) is 4.14. The second-order valence-electron chi connectivity index (χ2n) is 5.31. The number of rotatable bonds is 5. The van der Waals surface area contributed by atoms with Crippen molar-refractivity contribution >= 4 is 11.8 Å². The number of hydrogen-bond acceptors (Lipinski definition) is 2. The summed E-state index contributed by atoms with van der Waals surface area (Å²) in [4.78, 5) is 1.40. The highest BCUT2D eigenvalue weighted by atomic mass is 32.2. The summed E-state index contributed by atoms with van der Waals surface area (Å²) in [6, 6.07) is 9.88. The minimum absolute atomic E-state index is 0.689. The summed E-state index contributed by atoms with van der Waals surface area (Å²) in [6.45, 7) is 1.03. The molecule has 0 bridgehead atoms. The summed E-state index contributed by atoms with van der Waals surface area (Å²) in [5.41, 5.74) is 1.41. The van der Waals surface area contributed by atoms with Crippen LogP contribution in [-0.4, -0.2) is 11.3 Å². The minimum Gasteiger partial charge on any atom is -0.310 e. The Morgan fingerprint density at radius 3 is 2.61 bits per heavy atom. The van der Waals surface area contributed by atoms with Gasteiger partial charge in [0.15, 0.2) is 0 Å². The second-order valence-corrected chi connectivity index (χ2v) is 6.63. The second kappa shape index (κ2) is 5.94. The van der Waals surface area contributed by atoms with Gasteiger partial charge in [0.1, 0.15) is 0 Å². The standard InChI is InChI=1S/C16H21NS/c1-2-4-15(5-3-1)18-16-10-6-13(7-11-16)12-17-14-8-9-14/h2,4,6-7,10-11,14-15,17H,1,3,5,8-9,12H2. The summed E-state index contributed by atoms with van der Waals surface area (Å²) >= 11 is 2.00. The lowest BCUT2D eigenvalue weighted by molar-refractivity contribution is 0.687.